The van der Waals surface area contributed by atoms with E-state index < -0.39 is 16.2 Å². The molecular formula is C12H18O4S. The molecule has 0 saturated carbocycles. The molecule has 0 N–H and O–H groups in total. The van der Waals surface area contributed by atoms with E-state index in [1.807, 2.05) is 6.08 Å². The number of ketones is 1. The molecule has 4 nitrogen and oxygen atoms in total. The molecule has 5 heteroatoms. The number of carbonyl (C=O) groups excluding carboxylic acids is 1. The van der Waals surface area contributed by atoms with Crippen molar-refractivity contribution in [2.75, 3.05) is 6.26 Å². The molecule has 0 saturated heterocycles. The van der Waals surface area contributed by atoms with Gasteiger partial charge >= 0.3 is 0 Å². The largest absolute Gasteiger partial charge is 0.295 e. The van der Waals surface area contributed by atoms with E-state index in [-0.39, 0.29) is 11.7 Å². The van der Waals surface area contributed by atoms with E-state index in [0.29, 0.717) is 24.8 Å². The predicted octanol–water partition coefficient (Wildman–Crippen LogP) is 1.83. The van der Waals surface area contributed by atoms with Crippen LogP contribution >= 0.6 is 0 Å². The minimum Gasteiger partial charge on any atom is -0.295 e. The maximum absolute atomic E-state index is 11.6. The minimum absolute atomic E-state index is 0.0302. The maximum atomic E-state index is 11.6. The third kappa shape index (κ3) is 4.44. The summed E-state index contributed by atoms with van der Waals surface area (Å²) in [5.41, 5.74) is 0.709. The van der Waals surface area contributed by atoms with E-state index >= 15 is 0 Å². The molecule has 96 valence electrons. The van der Waals surface area contributed by atoms with Gasteiger partial charge in [-0.05, 0) is 25.3 Å². The molecule has 0 aliphatic heterocycles. The Labute approximate surface area is 102 Å². The monoisotopic (exact) mass is 258 g/mol. The van der Waals surface area contributed by atoms with Crippen molar-refractivity contribution in [2.45, 2.75) is 32.3 Å². The molecule has 1 aliphatic rings. The Morgan fingerprint density at radius 3 is 2.82 bits per heavy atom. The second-order valence-corrected chi connectivity index (χ2v) is 5.92. The second kappa shape index (κ2) is 5.60. The highest BCUT2D eigenvalue weighted by Crippen LogP contribution is 2.26. The molecule has 0 fully saturated rings. The normalized spacial score (nSPS) is 23.1. The van der Waals surface area contributed by atoms with Crippen molar-refractivity contribution >= 4 is 15.9 Å². The molecule has 0 aromatic heterocycles. The summed E-state index contributed by atoms with van der Waals surface area (Å²) in [4.78, 5) is 11.6. The fraction of sp³-hybridized carbons (Fsp3) is 0.583. The molecule has 0 amide bonds. The first-order chi connectivity index (χ1) is 7.83. The second-order valence-electron chi connectivity index (χ2n) is 4.32. The molecule has 0 bridgehead atoms. The molecule has 0 radical (unpaired) electrons. The van der Waals surface area contributed by atoms with Gasteiger partial charge in [0, 0.05) is 12.3 Å². The Morgan fingerprint density at radius 2 is 2.29 bits per heavy atom. The summed E-state index contributed by atoms with van der Waals surface area (Å²) in [5.74, 6) is 0.0880. The Bertz CT molecular complexity index is 433. The van der Waals surface area contributed by atoms with Crippen molar-refractivity contribution in [1.29, 1.82) is 0 Å². The van der Waals surface area contributed by atoms with Crippen LogP contribution in [0.3, 0.4) is 0 Å². The first-order valence-electron chi connectivity index (χ1n) is 5.56. The van der Waals surface area contributed by atoms with Gasteiger partial charge in [0.25, 0.3) is 10.1 Å². The highest BCUT2D eigenvalue weighted by atomic mass is 32.2. The molecule has 0 aromatic rings. The summed E-state index contributed by atoms with van der Waals surface area (Å²) in [6.45, 7) is 5.31. The van der Waals surface area contributed by atoms with Crippen LogP contribution in [-0.2, 0) is 19.1 Å². The summed E-state index contributed by atoms with van der Waals surface area (Å²) in [6.07, 6.45) is 5.71. The highest BCUT2D eigenvalue weighted by molar-refractivity contribution is 7.86. The molecule has 1 rings (SSSR count). The van der Waals surface area contributed by atoms with Crippen LogP contribution in [0, 0.1) is 5.92 Å². The average Bonchev–Trinajstić information content (AvgIpc) is 2.19. The molecule has 2 atom stereocenters. The standard InChI is InChI=1S/C12H18O4S/c1-4-5-11-8-10(6-7-12(11)13)9(2)16-17(3,14)15/h4,8-10H,1,5-7H2,2-3H3. The highest BCUT2D eigenvalue weighted by Gasteiger charge is 2.26. The first kappa shape index (κ1) is 14.1. The van der Waals surface area contributed by atoms with Gasteiger partial charge < -0.3 is 0 Å². The fourth-order valence-corrected chi connectivity index (χ4v) is 2.64. The van der Waals surface area contributed by atoms with E-state index in [2.05, 4.69) is 6.58 Å². The third-order valence-electron chi connectivity index (χ3n) is 2.77. The molecule has 0 aromatic carbocycles. The summed E-state index contributed by atoms with van der Waals surface area (Å²) in [6, 6.07) is 0. The molecule has 2 unspecified atom stereocenters. The Balaban J connectivity index is 2.78. The lowest BCUT2D eigenvalue weighted by molar-refractivity contribution is -0.116. The summed E-state index contributed by atoms with van der Waals surface area (Å²) < 4.78 is 27.0. The van der Waals surface area contributed by atoms with Crippen molar-refractivity contribution in [1.82, 2.24) is 0 Å². The number of Topliss-reactive ketones (excluding diaryl/α,β-unsaturated/α-hetero) is 1. The van der Waals surface area contributed by atoms with Gasteiger partial charge in [-0.25, -0.2) is 0 Å². The van der Waals surface area contributed by atoms with Gasteiger partial charge in [0.05, 0.1) is 12.4 Å². The fourth-order valence-electron chi connectivity index (χ4n) is 1.95. The molecule has 1 aliphatic carbocycles. The van der Waals surface area contributed by atoms with Crippen LogP contribution < -0.4 is 0 Å². The number of carbonyl (C=O) groups is 1. The van der Waals surface area contributed by atoms with Gasteiger partial charge in [0.1, 0.15) is 0 Å². The quantitative estimate of drug-likeness (QED) is 0.557. The van der Waals surface area contributed by atoms with Gasteiger partial charge in [-0.1, -0.05) is 12.2 Å². The lowest BCUT2D eigenvalue weighted by atomic mass is 9.85. The van der Waals surface area contributed by atoms with E-state index in [4.69, 9.17) is 4.18 Å². The Hall–Kier alpha value is -0.940. The van der Waals surface area contributed by atoms with Crippen LogP contribution in [0.4, 0.5) is 0 Å². The zero-order valence-corrected chi connectivity index (χ0v) is 11.0. The van der Waals surface area contributed by atoms with E-state index in [1.54, 1.807) is 13.0 Å². The lowest BCUT2D eigenvalue weighted by Gasteiger charge is -2.24. The maximum Gasteiger partial charge on any atom is 0.264 e. The van der Waals surface area contributed by atoms with Crippen LogP contribution in [0.2, 0.25) is 0 Å². The first-order valence-corrected chi connectivity index (χ1v) is 7.38. The van der Waals surface area contributed by atoms with Crippen molar-refractivity contribution < 1.29 is 17.4 Å². The third-order valence-corrected chi connectivity index (χ3v) is 3.43. The summed E-state index contributed by atoms with van der Waals surface area (Å²) in [7, 11) is -3.45. The van der Waals surface area contributed by atoms with E-state index in [0.717, 1.165) is 6.26 Å². The van der Waals surface area contributed by atoms with Crippen molar-refractivity contribution in [3.63, 3.8) is 0 Å². The van der Waals surface area contributed by atoms with Gasteiger partial charge in [-0.2, -0.15) is 8.42 Å². The van der Waals surface area contributed by atoms with Crippen molar-refractivity contribution in [3.8, 4) is 0 Å². The van der Waals surface area contributed by atoms with Crippen LogP contribution in [0.25, 0.3) is 0 Å². The van der Waals surface area contributed by atoms with Crippen LogP contribution in [-0.4, -0.2) is 26.6 Å². The van der Waals surface area contributed by atoms with Gasteiger partial charge in [0.2, 0.25) is 0 Å². The van der Waals surface area contributed by atoms with Crippen LogP contribution in [0.5, 0.6) is 0 Å². The van der Waals surface area contributed by atoms with Crippen molar-refractivity contribution in [3.05, 3.63) is 24.3 Å². The minimum atomic E-state index is -3.45. The summed E-state index contributed by atoms with van der Waals surface area (Å²) >= 11 is 0. The van der Waals surface area contributed by atoms with Gasteiger partial charge in [-0.3, -0.25) is 8.98 Å². The van der Waals surface area contributed by atoms with E-state index in [9.17, 15) is 13.2 Å². The lowest BCUT2D eigenvalue weighted by Crippen LogP contribution is -2.26. The SMILES string of the molecule is C=CCC1=CC(C(C)OS(C)(=O)=O)CCC1=O. The number of rotatable bonds is 5. The molecule has 0 heterocycles. The predicted molar refractivity (Wildman–Crippen MR) is 66.0 cm³/mol. The average molecular weight is 258 g/mol. The zero-order chi connectivity index (χ0) is 13.1. The van der Waals surface area contributed by atoms with Gasteiger partial charge in [0.15, 0.2) is 5.78 Å². The zero-order valence-electron chi connectivity index (χ0n) is 10.2. The number of hydrogen-bond donors (Lipinski definition) is 0. The molecular weight excluding hydrogens is 240 g/mol. The number of hydrogen-bond acceptors (Lipinski definition) is 4. The topological polar surface area (TPSA) is 60.4 Å². The van der Waals surface area contributed by atoms with Crippen molar-refractivity contribution in [2.24, 2.45) is 5.92 Å². The van der Waals surface area contributed by atoms with E-state index in [1.165, 1.54) is 0 Å². The summed E-state index contributed by atoms with van der Waals surface area (Å²) in [5, 5.41) is 0. The van der Waals surface area contributed by atoms with Crippen LogP contribution in [0.15, 0.2) is 24.3 Å². The molecule has 17 heavy (non-hydrogen) atoms. The Morgan fingerprint density at radius 1 is 1.65 bits per heavy atom. The number of allylic oxidation sites excluding steroid dienone is 2. The van der Waals surface area contributed by atoms with Crippen LogP contribution in [0.1, 0.15) is 26.2 Å². The van der Waals surface area contributed by atoms with Gasteiger partial charge in [-0.15, -0.1) is 6.58 Å². The smallest absolute Gasteiger partial charge is 0.264 e. The molecule has 0 spiro atoms. The Kier molecular flexibility index (Phi) is 4.65.